The molecule has 0 radical (unpaired) electrons. The Morgan fingerprint density at radius 1 is 1.21 bits per heavy atom. The van der Waals surface area contributed by atoms with Crippen LogP contribution in [0.3, 0.4) is 0 Å². The van der Waals surface area contributed by atoms with E-state index in [0.29, 0.717) is 0 Å². The molecule has 4 heteroatoms. The van der Waals surface area contributed by atoms with Gasteiger partial charge < -0.3 is 0 Å². The average Bonchev–Trinajstić information content (AvgIpc) is 2.66. The van der Waals surface area contributed by atoms with Gasteiger partial charge in [-0.3, -0.25) is 0 Å². The van der Waals surface area contributed by atoms with Crippen LogP contribution >= 0.6 is 32.5 Å². The summed E-state index contributed by atoms with van der Waals surface area (Å²) in [4.78, 5) is 0. The molecule has 0 aliphatic rings. The summed E-state index contributed by atoms with van der Waals surface area (Å²) in [6.45, 7) is 0. The molecule has 1 heterocycles. The first-order valence-electron chi connectivity index (χ1n) is 4.12. The second-order valence-electron chi connectivity index (χ2n) is 3.00. The van der Waals surface area contributed by atoms with Crippen molar-refractivity contribution in [2.75, 3.05) is 0 Å². The van der Waals surface area contributed by atoms with E-state index in [0.717, 1.165) is 21.3 Å². The van der Waals surface area contributed by atoms with Gasteiger partial charge in [-0.2, -0.15) is 0 Å². The highest BCUT2D eigenvalue weighted by molar-refractivity contribution is 7.69. The molecule has 0 aliphatic carbocycles. The van der Waals surface area contributed by atoms with E-state index >= 15 is 0 Å². The molecule has 0 amide bonds. The van der Waals surface area contributed by atoms with Gasteiger partial charge in [0.05, 0.1) is 5.02 Å². The maximum absolute atomic E-state index is 6.18. The number of hydrogen-bond acceptors (Lipinski definition) is 2. The SMILES string of the molecule is Clc1cc2[s+]snc2c2ccccc12. The fourth-order valence-corrected chi connectivity index (χ4v) is 3.69. The maximum atomic E-state index is 6.18. The number of rotatable bonds is 0. The van der Waals surface area contributed by atoms with Crippen molar-refractivity contribution in [2.45, 2.75) is 0 Å². The van der Waals surface area contributed by atoms with Crippen molar-refractivity contribution in [3.8, 4) is 0 Å². The van der Waals surface area contributed by atoms with Crippen molar-refractivity contribution < 1.29 is 0 Å². The smallest absolute Gasteiger partial charge is 0.134 e. The van der Waals surface area contributed by atoms with E-state index in [1.807, 2.05) is 24.3 Å². The van der Waals surface area contributed by atoms with E-state index < -0.39 is 0 Å². The minimum absolute atomic E-state index is 0.810. The van der Waals surface area contributed by atoms with E-state index in [9.17, 15) is 0 Å². The van der Waals surface area contributed by atoms with Gasteiger partial charge in [-0.25, -0.2) is 0 Å². The molecule has 0 saturated carbocycles. The van der Waals surface area contributed by atoms with Crippen LogP contribution in [0.15, 0.2) is 30.3 Å². The first-order valence-corrected chi connectivity index (χ1v) is 6.61. The summed E-state index contributed by atoms with van der Waals surface area (Å²) in [6.07, 6.45) is 0. The van der Waals surface area contributed by atoms with E-state index in [4.69, 9.17) is 11.6 Å². The third kappa shape index (κ3) is 1.13. The number of aromatic nitrogens is 1. The highest BCUT2D eigenvalue weighted by atomic mass is 35.5. The Kier molecular flexibility index (Phi) is 1.90. The van der Waals surface area contributed by atoms with E-state index in [2.05, 4.69) is 10.4 Å². The Hall–Kier alpha value is -0.770. The average molecular weight is 239 g/mol. The molecule has 0 aliphatic heterocycles. The normalized spacial score (nSPS) is 11.2. The minimum atomic E-state index is 0.810. The van der Waals surface area contributed by atoms with Gasteiger partial charge >= 0.3 is 10.3 Å². The van der Waals surface area contributed by atoms with E-state index in [1.54, 1.807) is 10.3 Å². The summed E-state index contributed by atoms with van der Waals surface area (Å²) in [5.74, 6) is 0. The molecule has 1 nitrogen and oxygen atoms in total. The zero-order valence-corrected chi connectivity index (χ0v) is 9.42. The Bertz CT molecular complexity index is 618. The molecule has 14 heavy (non-hydrogen) atoms. The van der Waals surface area contributed by atoms with Crippen LogP contribution in [0.5, 0.6) is 0 Å². The lowest BCUT2D eigenvalue weighted by molar-refractivity contribution is 1.69. The molecule has 0 atom stereocenters. The number of halogens is 1. The predicted molar refractivity (Wildman–Crippen MR) is 64.4 cm³/mol. The van der Waals surface area contributed by atoms with Gasteiger partial charge in [0.25, 0.3) is 15.2 Å². The molecule has 3 rings (SSSR count). The first-order chi connectivity index (χ1) is 6.86. The number of hydrogen-bond donors (Lipinski definition) is 0. The Balaban J connectivity index is 2.67. The van der Waals surface area contributed by atoms with Crippen molar-refractivity contribution >= 4 is 53.5 Å². The zero-order valence-electron chi connectivity index (χ0n) is 7.03. The molecule has 2 aromatic carbocycles. The molecule has 0 fully saturated rings. The molecule has 68 valence electrons. The lowest BCUT2D eigenvalue weighted by Crippen LogP contribution is -1.75. The highest BCUT2D eigenvalue weighted by Crippen LogP contribution is 2.34. The first kappa shape index (κ1) is 8.53. The quantitative estimate of drug-likeness (QED) is 0.417. The minimum Gasteiger partial charge on any atom is -0.134 e. The fraction of sp³-hybridized carbons (Fsp3) is 0. The molecule has 0 bridgehead atoms. The fourth-order valence-electron chi connectivity index (χ4n) is 1.55. The largest absolute Gasteiger partial charge is 0.323 e. The molecule has 1 aromatic heterocycles. The maximum Gasteiger partial charge on any atom is 0.323 e. The second-order valence-corrected chi connectivity index (χ2v) is 5.29. The van der Waals surface area contributed by atoms with Gasteiger partial charge in [-0.1, -0.05) is 35.9 Å². The van der Waals surface area contributed by atoms with Gasteiger partial charge in [0.15, 0.2) is 5.52 Å². The summed E-state index contributed by atoms with van der Waals surface area (Å²) in [7, 11) is 3.17. The van der Waals surface area contributed by atoms with Crippen molar-refractivity contribution in [1.82, 2.24) is 4.37 Å². The summed E-state index contributed by atoms with van der Waals surface area (Å²) >= 11 is 6.18. The van der Waals surface area contributed by atoms with Gasteiger partial charge in [0.2, 0.25) is 0 Å². The number of nitrogens with zero attached hydrogens (tertiary/aromatic N) is 1. The predicted octanol–water partition coefficient (Wildman–Crippen LogP) is 4.45. The van der Waals surface area contributed by atoms with Crippen LogP contribution in [0.4, 0.5) is 0 Å². The van der Waals surface area contributed by atoms with Crippen LogP contribution in [0, 0.1) is 0 Å². The van der Waals surface area contributed by atoms with Gasteiger partial charge in [-0.15, -0.1) is 4.37 Å². The van der Waals surface area contributed by atoms with Crippen LogP contribution in [-0.2, 0) is 0 Å². The topological polar surface area (TPSA) is 12.9 Å². The van der Waals surface area contributed by atoms with Crippen LogP contribution < -0.4 is 0 Å². The standard InChI is InChI=1S/C10H5ClNS2/c11-8-5-9-10(12-14-13-9)7-4-2-1-3-6(7)8/h1-5H/q+1. The summed E-state index contributed by atoms with van der Waals surface area (Å²) < 4.78 is 5.55. The number of benzene rings is 2. The van der Waals surface area contributed by atoms with Crippen LogP contribution in [0.2, 0.25) is 5.02 Å². The summed E-state index contributed by atoms with van der Waals surface area (Å²) in [5.41, 5.74) is 1.07. The Morgan fingerprint density at radius 2 is 2.00 bits per heavy atom. The van der Waals surface area contributed by atoms with Crippen molar-refractivity contribution in [2.24, 2.45) is 0 Å². The number of fused-ring (bicyclic) bond motifs is 3. The van der Waals surface area contributed by atoms with Crippen molar-refractivity contribution in [1.29, 1.82) is 0 Å². The molecule has 0 N–H and O–H groups in total. The third-order valence-electron chi connectivity index (χ3n) is 2.19. The zero-order chi connectivity index (χ0) is 9.54. The molecule has 3 aromatic rings. The van der Waals surface area contributed by atoms with E-state index in [-0.39, 0.29) is 0 Å². The molecule has 0 unspecified atom stereocenters. The molecule has 0 saturated heterocycles. The van der Waals surface area contributed by atoms with Crippen LogP contribution in [0.25, 0.3) is 21.0 Å². The lowest BCUT2D eigenvalue weighted by Gasteiger charge is -1.97. The lowest BCUT2D eigenvalue weighted by atomic mass is 10.1. The van der Waals surface area contributed by atoms with E-state index in [1.165, 1.54) is 15.2 Å². The second kappa shape index (κ2) is 3.12. The molecule has 0 spiro atoms. The van der Waals surface area contributed by atoms with Crippen molar-refractivity contribution in [3.05, 3.63) is 35.4 Å². The van der Waals surface area contributed by atoms with Gasteiger partial charge in [0.1, 0.15) is 0 Å². The van der Waals surface area contributed by atoms with Gasteiger partial charge in [-0.05, 0) is 0 Å². The van der Waals surface area contributed by atoms with Gasteiger partial charge in [0, 0.05) is 16.8 Å². The van der Waals surface area contributed by atoms with Crippen LogP contribution in [-0.4, -0.2) is 4.37 Å². The monoisotopic (exact) mass is 238 g/mol. The van der Waals surface area contributed by atoms with Crippen molar-refractivity contribution in [3.63, 3.8) is 0 Å². The summed E-state index contributed by atoms with van der Waals surface area (Å²) in [5, 5.41) is 3.04. The molecular weight excluding hydrogens is 234 g/mol. The Morgan fingerprint density at radius 3 is 2.86 bits per heavy atom. The third-order valence-corrected chi connectivity index (χ3v) is 4.31. The Labute approximate surface area is 93.1 Å². The molecular formula is C10H5ClNS2+. The highest BCUT2D eigenvalue weighted by Gasteiger charge is 2.14. The summed E-state index contributed by atoms with van der Waals surface area (Å²) in [6, 6.07) is 10.1. The van der Waals surface area contributed by atoms with Crippen LogP contribution in [0.1, 0.15) is 0 Å².